The van der Waals surface area contributed by atoms with Crippen LogP contribution in [0.15, 0.2) is 24.3 Å². The van der Waals surface area contributed by atoms with Gasteiger partial charge in [0.2, 0.25) is 5.91 Å². The third-order valence-corrected chi connectivity index (χ3v) is 2.88. The third kappa shape index (κ3) is 4.33. The number of carbonyl (C=O) groups is 2. The van der Waals surface area contributed by atoms with E-state index in [9.17, 15) is 19.7 Å². The van der Waals surface area contributed by atoms with E-state index in [0.717, 1.165) is 5.01 Å². The summed E-state index contributed by atoms with van der Waals surface area (Å²) in [6, 6.07) is 5.69. The predicted octanol–water partition coefficient (Wildman–Crippen LogP) is 1.24. The van der Waals surface area contributed by atoms with Crippen LogP contribution in [0.4, 0.5) is 10.5 Å². The fourth-order valence-electron chi connectivity index (χ4n) is 1.79. The first-order chi connectivity index (χ1) is 10.6. The standard InChI is InChI=1S/C13H15N3O6/c17-12(14-15-7-9-22-13(15)18)2-1-8-21-11-5-3-10(4-6-11)16(19)20/h3-6H,1-2,7-9H2,(H,14,17). The number of cyclic esters (lactones) is 1. The maximum Gasteiger partial charge on any atom is 0.428 e. The molecule has 0 aromatic heterocycles. The average Bonchev–Trinajstić information content (AvgIpc) is 2.89. The van der Waals surface area contributed by atoms with Crippen molar-refractivity contribution < 1.29 is 24.0 Å². The van der Waals surface area contributed by atoms with Gasteiger partial charge in [0, 0.05) is 18.6 Å². The van der Waals surface area contributed by atoms with Gasteiger partial charge in [0.1, 0.15) is 12.4 Å². The number of amides is 2. The lowest BCUT2D eigenvalue weighted by Gasteiger charge is -2.13. The molecule has 2 rings (SSSR count). The van der Waals surface area contributed by atoms with Crippen LogP contribution >= 0.6 is 0 Å². The summed E-state index contributed by atoms with van der Waals surface area (Å²) in [5, 5.41) is 11.6. The molecular formula is C13H15N3O6. The Kier molecular flexibility index (Phi) is 5.12. The van der Waals surface area contributed by atoms with E-state index < -0.39 is 11.0 Å². The molecule has 1 aliphatic heterocycles. The Morgan fingerprint density at radius 1 is 1.41 bits per heavy atom. The lowest BCUT2D eigenvalue weighted by Crippen LogP contribution is -2.42. The minimum absolute atomic E-state index is 0.00997. The van der Waals surface area contributed by atoms with Crippen molar-refractivity contribution >= 4 is 17.7 Å². The number of hydrogen-bond acceptors (Lipinski definition) is 6. The summed E-state index contributed by atoms with van der Waals surface area (Å²) in [5.74, 6) is 0.195. The van der Waals surface area contributed by atoms with Gasteiger partial charge in [0.25, 0.3) is 5.69 Å². The predicted molar refractivity (Wildman–Crippen MR) is 74.0 cm³/mol. The van der Waals surface area contributed by atoms with E-state index in [1.807, 2.05) is 0 Å². The second-order valence-corrected chi connectivity index (χ2v) is 4.50. The molecule has 118 valence electrons. The van der Waals surface area contributed by atoms with Crippen LogP contribution in [0.3, 0.4) is 0 Å². The summed E-state index contributed by atoms with van der Waals surface area (Å²) in [4.78, 5) is 32.7. The minimum Gasteiger partial charge on any atom is -0.494 e. The van der Waals surface area contributed by atoms with Crippen molar-refractivity contribution in [2.24, 2.45) is 0 Å². The molecule has 0 unspecified atom stereocenters. The van der Waals surface area contributed by atoms with Crippen LogP contribution in [0.1, 0.15) is 12.8 Å². The molecule has 1 heterocycles. The summed E-state index contributed by atoms with van der Waals surface area (Å²) in [5.41, 5.74) is 2.43. The highest BCUT2D eigenvalue weighted by Crippen LogP contribution is 2.17. The molecule has 1 N–H and O–H groups in total. The third-order valence-electron chi connectivity index (χ3n) is 2.88. The largest absolute Gasteiger partial charge is 0.494 e. The van der Waals surface area contributed by atoms with E-state index in [1.165, 1.54) is 24.3 Å². The number of ether oxygens (including phenoxy) is 2. The number of rotatable bonds is 7. The van der Waals surface area contributed by atoms with Crippen molar-refractivity contribution in [2.45, 2.75) is 12.8 Å². The van der Waals surface area contributed by atoms with Gasteiger partial charge in [-0.25, -0.2) is 9.80 Å². The highest BCUT2D eigenvalue weighted by molar-refractivity contribution is 5.79. The Bertz CT molecular complexity index is 559. The molecule has 0 atom stereocenters. The van der Waals surface area contributed by atoms with Crippen LogP contribution in [0.2, 0.25) is 0 Å². The molecule has 9 nitrogen and oxygen atoms in total. The molecule has 0 radical (unpaired) electrons. The fourth-order valence-corrected chi connectivity index (χ4v) is 1.79. The van der Waals surface area contributed by atoms with Gasteiger partial charge in [0.15, 0.2) is 0 Å². The van der Waals surface area contributed by atoms with E-state index in [2.05, 4.69) is 10.2 Å². The van der Waals surface area contributed by atoms with E-state index in [0.29, 0.717) is 18.7 Å². The fraction of sp³-hybridized carbons (Fsp3) is 0.385. The van der Waals surface area contributed by atoms with E-state index in [4.69, 9.17) is 4.74 Å². The SMILES string of the molecule is O=C(CCCOc1ccc([N+](=O)[O-])cc1)NN1CCOC1=O. The van der Waals surface area contributed by atoms with Crippen molar-refractivity contribution in [3.05, 3.63) is 34.4 Å². The molecule has 0 bridgehead atoms. The minimum atomic E-state index is -0.560. The summed E-state index contributed by atoms with van der Waals surface area (Å²) < 4.78 is 10.1. The number of carbonyl (C=O) groups excluding carboxylic acids is 2. The van der Waals surface area contributed by atoms with Crippen LogP contribution in [0.25, 0.3) is 0 Å². The van der Waals surface area contributed by atoms with Crippen molar-refractivity contribution in [3.63, 3.8) is 0 Å². The van der Waals surface area contributed by atoms with Gasteiger partial charge >= 0.3 is 6.09 Å². The summed E-state index contributed by atoms with van der Waals surface area (Å²) in [6.45, 7) is 0.891. The van der Waals surface area contributed by atoms with Gasteiger partial charge in [0.05, 0.1) is 18.1 Å². The monoisotopic (exact) mass is 309 g/mol. The van der Waals surface area contributed by atoms with E-state index >= 15 is 0 Å². The zero-order valence-electron chi connectivity index (χ0n) is 11.7. The first-order valence-corrected chi connectivity index (χ1v) is 6.67. The molecule has 0 spiro atoms. The Hall–Kier alpha value is -2.84. The molecule has 0 saturated carbocycles. The first kappa shape index (κ1) is 15.5. The number of hydrogen-bond donors (Lipinski definition) is 1. The smallest absolute Gasteiger partial charge is 0.428 e. The maximum absolute atomic E-state index is 11.6. The van der Waals surface area contributed by atoms with Crippen molar-refractivity contribution in [1.82, 2.24) is 10.4 Å². The molecule has 22 heavy (non-hydrogen) atoms. The van der Waals surface area contributed by atoms with Gasteiger partial charge in [-0.3, -0.25) is 20.3 Å². The lowest BCUT2D eigenvalue weighted by atomic mass is 10.3. The Balaban J connectivity index is 1.65. The first-order valence-electron chi connectivity index (χ1n) is 6.67. The number of non-ortho nitro benzene ring substituents is 1. The van der Waals surface area contributed by atoms with Gasteiger partial charge < -0.3 is 9.47 Å². The van der Waals surface area contributed by atoms with Crippen LogP contribution in [-0.2, 0) is 9.53 Å². The molecule has 1 fully saturated rings. The summed E-state index contributed by atoms with van der Waals surface area (Å²) in [7, 11) is 0. The number of nitro groups is 1. The number of hydrazine groups is 1. The Morgan fingerprint density at radius 3 is 2.73 bits per heavy atom. The number of benzene rings is 1. The average molecular weight is 309 g/mol. The quantitative estimate of drug-likeness (QED) is 0.461. The molecule has 1 saturated heterocycles. The van der Waals surface area contributed by atoms with E-state index in [1.54, 1.807) is 0 Å². The van der Waals surface area contributed by atoms with Gasteiger partial charge in [-0.15, -0.1) is 0 Å². The second-order valence-electron chi connectivity index (χ2n) is 4.50. The second kappa shape index (κ2) is 7.25. The molecule has 0 aliphatic carbocycles. The Morgan fingerprint density at radius 2 is 2.14 bits per heavy atom. The van der Waals surface area contributed by atoms with Crippen molar-refractivity contribution in [3.8, 4) is 5.75 Å². The topological polar surface area (TPSA) is 111 Å². The van der Waals surface area contributed by atoms with Gasteiger partial charge in [-0.2, -0.15) is 0 Å². The van der Waals surface area contributed by atoms with Crippen LogP contribution in [0.5, 0.6) is 5.75 Å². The highest BCUT2D eigenvalue weighted by atomic mass is 16.6. The van der Waals surface area contributed by atoms with Gasteiger partial charge in [-0.05, 0) is 18.6 Å². The Labute approximate surface area is 125 Å². The van der Waals surface area contributed by atoms with Crippen LogP contribution in [0, 0.1) is 10.1 Å². The molecule has 1 aromatic rings. The number of nitrogens with one attached hydrogen (secondary N) is 1. The van der Waals surface area contributed by atoms with Crippen molar-refractivity contribution in [2.75, 3.05) is 19.8 Å². The normalized spacial score (nSPS) is 13.6. The van der Waals surface area contributed by atoms with Crippen LogP contribution < -0.4 is 10.2 Å². The summed E-state index contributed by atoms with van der Waals surface area (Å²) >= 11 is 0. The van der Waals surface area contributed by atoms with Gasteiger partial charge in [-0.1, -0.05) is 0 Å². The molecule has 9 heteroatoms. The zero-order valence-corrected chi connectivity index (χ0v) is 11.7. The zero-order chi connectivity index (χ0) is 15.9. The number of nitro benzene ring substituents is 1. The van der Waals surface area contributed by atoms with E-state index in [-0.39, 0.29) is 31.2 Å². The highest BCUT2D eigenvalue weighted by Gasteiger charge is 2.23. The lowest BCUT2D eigenvalue weighted by molar-refractivity contribution is -0.384. The molecular weight excluding hydrogens is 294 g/mol. The molecule has 1 aliphatic rings. The maximum atomic E-state index is 11.6. The van der Waals surface area contributed by atoms with Crippen LogP contribution in [-0.4, -0.2) is 41.7 Å². The number of nitrogens with zero attached hydrogens (tertiary/aromatic N) is 2. The molecule has 2 amide bonds. The van der Waals surface area contributed by atoms with Crippen molar-refractivity contribution in [1.29, 1.82) is 0 Å². The summed E-state index contributed by atoms with van der Waals surface area (Å²) in [6.07, 6.45) is 0.0816. The molecule has 1 aromatic carbocycles.